The van der Waals surface area contributed by atoms with Crippen LogP contribution in [-0.2, 0) is 6.42 Å². The van der Waals surface area contributed by atoms with Crippen LogP contribution in [0.3, 0.4) is 0 Å². The van der Waals surface area contributed by atoms with Gasteiger partial charge in [-0.15, -0.1) is 0 Å². The zero-order valence-corrected chi connectivity index (χ0v) is 20.1. The Labute approximate surface area is 201 Å². The molecule has 0 aliphatic carbocycles. The number of aromatic carboxylic acids is 1. The lowest BCUT2D eigenvalue weighted by atomic mass is 9.78. The molecule has 0 aromatic heterocycles. The van der Waals surface area contributed by atoms with Crippen LogP contribution in [0, 0.1) is 27.7 Å². The molecule has 0 saturated carbocycles. The van der Waals surface area contributed by atoms with Crippen LogP contribution in [0.15, 0.2) is 78.9 Å². The summed E-state index contributed by atoms with van der Waals surface area (Å²) in [5.41, 5.74) is 9.22. The second kappa shape index (κ2) is 9.56. The van der Waals surface area contributed by atoms with E-state index in [2.05, 4.69) is 52.0 Å². The maximum atomic E-state index is 12.2. The first-order chi connectivity index (χ1) is 16.3. The highest BCUT2D eigenvalue weighted by Gasteiger charge is 2.27. The van der Waals surface area contributed by atoms with Crippen LogP contribution in [0.4, 0.5) is 0 Å². The minimum absolute atomic E-state index is 0.0657. The van der Waals surface area contributed by atoms with Crippen molar-refractivity contribution in [3.63, 3.8) is 0 Å². The third-order valence-electron chi connectivity index (χ3n) is 6.91. The van der Waals surface area contributed by atoms with Crippen LogP contribution >= 0.6 is 0 Å². The van der Waals surface area contributed by atoms with E-state index in [9.17, 15) is 15.0 Å². The zero-order valence-electron chi connectivity index (χ0n) is 20.1. The molecule has 0 bridgehead atoms. The highest BCUT2D eigenvalue weighted by Crippen LogP contribution is 2.42. The molecule has 0 spiro atoms. The smallest absolute Gasteiger partial charge is 0.339 e. The van der Waals surface area contributed by atoms with E-state index >= 15 is 0 Å². The van der Waals surface area contributed by atoms with Crippen LogP contribution in [-0.4, -0.2) is 16.2 Å². The zero-order chi connectivity index (χ0) is 24.4. The monoisotopic (exact) mass is 450 g/mol. The molecule has 4 aromatic rings. The Morgan fingerprint density at radius 1 is 0.706 bits per heavy atom. The van der Waals surface area contributed by atoms with E-state index in [-0.39, 0.29) is 17.2 Å². The van der Waals surface area contributed by atoms with Crippen molar-refractivity contribution in [1.82, 2.24) is 0 Å². The van der Waals surface area contributed by atoms with Gasteiger partial charge in [0, 0.05) is 11.5 Å². The average molecular weight is 451 g/mol. The number of hydrogen-bond acceptors (Lipinski definition) is 2. The van der Waals surface area contributed by atoms with Gasteiger partial charge in [-0.1, -0.05) is 72.8 Å². The molecule has 3 heteroatoms. The summed E-state index contributed by atoms with van der Waals surface area (Å²) in [7, 11) is 0. The summed E-state index contributed by atoms with van der Waals surface area (Å²) in [6.07, 6.45) is 0.584. The molecule has 34 heavy (non-hydrogen) atoms. The van der Waals surface area contributed by atoms with Gasteiger partial charge in [0.05, 0.1) is 0 Å². The van der Waals surface area contributed by atoms with Crippen LogP contribution in [0.5, 0.6) is 5.75 Å². The number of carboxylic acid groups (broad SMARTS) is 1. The van der Waals surface area contributed by atoms with Gasteiger partial charge in [-0.3, -0.25) is 0 Å². The summed E-state index contributed by atoms with van der Waals surface area (Å²) < 4.78 is 0. The van der Waals surface area contributed by atoms with Crippen LogP contribution in [0.1, 0.15) is 66.3 Å². The fourth-order valence-electron chi connectivity index (χ4n) is 4.71. The molecule has 0 aliphatic rings. The summed E-state index contributed by atoms with van der Waals surface area (Å²) >= 11 is 0. The molecule has 0 atom stereocenters. The maximum Gasteiger partial charge on any atom is 0.339 e. The number of hydrogen-bond donors (Lipinski definition) is 2. The molecular formula is C31H30O3. The first-order valence-electron chi connectivity index (χ1n) is 11.5. The van der Waals surface area contributed by atoms with Gasteiger partial charge in [0.2, 0.25) is 0 Å². The summed E-state index contributed by atoms with van der Waals surface area (Å²) in [6.45, 7) is 8.33. The van der Waals surface area contributed by atoms with Crippen LogP contribution in [0.2, 0.25) is 0 Å². The lowest BCUT2D eigenvalue weighted by molar-refractivity contribution is 0.0693. The van der Waals surface area contributed by atoms with Crippen molar-refractivity contribution in [3.05, 3.63) is 134 Å². The van der Waals surface area contributed by atoms with E-state index in [1.165, 1.54) is 0 Å². The van der Waals surface area contributed by atoms with Gasteiger partial charge < -0.3 is 10.2 Å². The number of aryl methyl sites for hydroxylation is 2. The van der Waals surface area contributed by atoms with Crippen molar-refractivity contribution in [1.29, 1.82) is 0 Å². The number of carboxylic acids is 1. The molecule has 0 saturated heterocycles. The second-order valence-corrected chi connectivity index (χ2v) is 9.06. The Bertz CT molecular complexity index is 1300. The van der Waals surface area contributed by atoms with E-state index in [1.807, 2.05) is 48.5 Å². The molecule has 4 aromatic carbocycles. The van der Waals surface area contributed by atoms with Crippen molar-refractivity contribution < 1.29 is 15.0 Å². The van der Waals surface area contributed by atoms with Gasteiger partial charge in [-0.2, -0.15) is 0 Å². The lowest BCUT2D eigenvalue weighted by Gasteiger charge is -2.26. The Morgan fingerprint density at radius 3 is 1.79 bits per heavy atom. The topological polar surface area (TPSA) is 57.5 Å². The van der Waals surface area contributed by atoms with Gasteiger partial charge in [0.15, 0.2) is 0 Å². The quantitative estimate of drug-likeness (QED) is 0.308. The summed E-state index contributed by atoms with van der Waals surface area (Å²) in [5.74, 6) is -1.60. The first kappa shape index (κ1) is 23.3. The molecule has 4 rings (SSSR count). The average Bonchev–Trinajstić information content (AvgIpc) is 2.81. The summed E-state index contributed by atoms with van der Waals surface area (Å²) in [5, 5.41) is 21.2. The molecular weight excluding hydrogens is 420 g/mol. The largest absolute Gasteiger partial charge is 0.507 e. The molecule has 0 fully saturated rings. The number of aromatic hydroxyl groups is 1. The fraction of sp³-hybridized carbons (Fsp3) is 0.194. The Balaban J connectivity index is 2.01. The van der Waals surface area contributed by atoms with Gasteiger partial charge in [0.25, 0.3) is 0 Å². The molecule has 0 heterocycles. The van der Waals surface area contributed by atoms with E-state index in [0.717, 1.165) is 44.5 Å². The van der Waals surface area contributed by atoms with Gasteiger partial charge in [-0.25, -0.2) is 4.79 Å². The predicted octanol–water partition coefficient (Wildman–Crippen LogP) is 7.10. The van der Waals surface area contributed by atoms with E-state index in [4.69, 9.17) is 0 Å². The van der Waals surface area contributed by atoms with Crippen molar-refractivity contribution in [3.8, 4) is 5.75 Å². The molecule has 0 radical (unpaired) electrons. The molecule has 0 unspecified atom stereocenters. The number of benzene rings is 4. The summed E-state index contributed by atoms with van der Waals surface area (Å²) in [6, 6.07) is 25.9. The van der Waals surface area contributed by atoms with Gasteiger partial charge in [0.1, 0.15) is 11.3 Å². The van der Waals surface area contributed by atoms with Crippen LogP contribution in [0.25, 0.3) is 0 Å². The van der Waals surface area contributed by atoms with E-state index in [0.29, 0.717) is 12.0 Å². The maximum absolute atomic E-state index is 12.2. The van der Waals surface area contributed by atoms with Crippen molar-refractivity contribution in [2.24, 2.45) is 0 Å². The summed E-state index contributed by atoms with van der Waals surface area (Å²) in [4.78, 5) is 12.2. The second-order valence-electron chi connectivity index (χ2n) is 9.06. The fourth-order valence-corrected chi connectivity index (χ4v) is 4.71. The van der Waals surface area contributed by atoms with E-state index < -0.39 is 5.97 Å². The van der Waals surface area contributed by atoms with Crippen molar-refractivity contribution in [2.75, 3.05) is 0 Å². The first-order valence-corrected chi connectivity index (χ1v) is 11.5. The number of phenols is 1. The highest BCUT2D eigenvalue weighted by molar-refractivity contribution is 5.92. The minimum Gasteiger partial charge on any atom is -0.507 e. The Kier molecular flexibility index (Phi) is 6.56. The highest BCUT2D eigenvalue weighted by atomic mass is 16.4. The number of rotatable bonds is 6. The predicted molar refractivity (Wildman–Crippen MR) is 137 cm³/mol. The normalized spacial score (nSPS) is 11.1. The van der Waals surface area contributed by atoms with Crippen molar-refractivity contribution in [2.45, 2.75) is 40.0 Å². The Hall–Kier alpha value is -3.85. The van der Waals surface area contributed by atoms with Crippen molar-refractivity contribution >= 4 is 5.97 Å². The lowest BCUT2D eigenvalue weighted by Crippen LogP contribution is -2.11. The molecule has 2 N–H and O–H groups in total. The van der Waals surface area contributed by atoms with Crippen LogP contribution < -0.4 is 0 Å². The standard InChI is InChI=1S/C31H30O3/c1-19-10-8-14-25(21(19)3)29(26-15-9-11-20(2)22(26)4)27-17-24(16-23-12-6-5-7-13-23)18-28(30(27)32)31(33)34/h5-15,17-18,29,32H,16H2,1-4H3,(H,33,34). The third kappa shape index (κ3) is 4.47. The Morgan fingerprint density at radius 2 is 1.26 bits per heavy atom. The molecule has 3 nitrogen and oxygen atoms in total. The third-order valence-corrected chi connectivity index (χ3v) is 6.91. The molecule has 0 amide bonds. The molecule has 0 aliphatic heterocycles. The molecule has 172 valence electrons. The van der Waals surface area contributed by atoms with Gasteiger partial charge in [-0.05, 0) is 84.7 Å². The number of carbonyl (C=O) groups is 1. The van der Waals surface area contributed by atoms with E-state index in [1.54, 1.807) is 6.07 Å². The minimum atomic E-state index is -1.13. The SMILES string of the molecule is Cc1cccc(C(c2cccc(C)c2C)c2cc(Cc3ccccc3)cc(C(=O)O)c2O)c1C. The van der Waals surface area contributed by atoms with Gasteiger partial charge >= 0.3 is 5.97 Å².